The number of halogens is 3. The van der Waals surface area contributed by atoms with Crippen LogP contribution < -0.4 is 5.32 Å². The smallest absolute Gasteiger partial charge is 0.318 e. The molecular weight excluding hydrogens is 427 g/mol. The fraction of sp³-hybridized carbons (Fsp3) is 0.286. The molecule has 0 saturated heterocycles. The Labute approximate surface area is 180 Å². The number of hydrogen-bond acceptors (Lipinski definition) is 4. The van der Waals surface area contributed by atoms with Crippen LogP contribution in [0.15, 0.2) is 30.3 Å². The van der Waals surface area contributed by atoms with E-state index in [0.29, 0.717) is 22.8 Å². The monoisotopic (exact) mass is 447 g/mol. The molecule has 0 spiro atoms. The average Bonchev–Trinajstić information content (AvgIpc) is 3.33. The summed E-state index contributed by atoms with van der Waals surface area (Å²) >= 11 is 0.972. The summed E-state index contributed by atoms with van der Waals surface area (Å²) in [4.78, 5) is 13.3. The first-order chi connectivity index (χ1) is 14.5. The third kappa shape index (κ3) is 3.95. The van der Waals surface area contributed by atoms with Gasteiger partial charge in [0.1, 0.15) is 4.83 Å². The van der Waals surface area contributed by atoms with E-state index in [1.807, 2.05) is 38.1 Å². The Balaban J connectivity index is 1.60. The molecule has 0 aliphatic carbocycles. The number of anilines is 1. The van der Waals surface area contributed by atoms with E-state index in [1.54, 1.807) is 11.6 Å². The molecule has 0 fully saturated rings. The molecular formula is C21H20F3N5OS. The predicted octanol–water partition coefficient (Wildman–Crippen LogP) is 5.08. The van der Waals surface area contributed by atoms with Crippen LogP contribution in [0.2, 0.25) is 0 Å². The maximum absolute atomic E-state index is 13.2. The van der Waals surface area contributed by atoms with Crippen molar-refractivity contribution in [3.8, 4) is 0 Å². The lowest BCUT2D eigenvalue weighted by Crippen LogP contribution is -2.12. The molecule has 0 aliphatic rings. The maximum atomic E-state index is 13.2. The van der Waals surface area contributed by atoms with E-state index < -0.39 is 17.8 Å². The number of nitrogens with one attached hydrogen (secondary N) is 1. The van der Waals surface area contributed by atoms with Crippen LogP contribution in [0.5, 0.6) is 0 Å². The van der Waals surface area contributed by atoms with Gasteiger partial charge >= 0.3 is 6.18 Å². The molecule has 0 unspecified atom stereocenters. The third-order valence-electron chi connectivity index (χ3n) is 5.08. The molecule has 0 bridgehead atoms. The summed E-state index contributed by atoms with van der Waals surface area (Å²) in [7, 11) is 1.43. The minimum Gasteiger partial charge on any atom is -0.318 e. The Morgan fingerprint density at radius 1 is 1.13 bits per heavy atom. The van der Waals surface area contributed by atoms with Crippen molar-refractivity contribution in [1.29, 1.82) is 0 Å². The van der Waals surface area contributed by atoms with Gasteiger partial charge < -0.3 is 5.32 Å². The average molecular weight is 447 g/mol. The molecule has 3 heterocycles. The fourth-order valence-electron chi connectivity index (χ4n) is 3.44. The van der Waals surface area contributed by atoms with Crippen LogP contribution in [0, 0.1) is 20.8 Å². The number of fused-ring (bicyclic) bond motifs is 1. The number of aryl methyl sites for hydroxylation is 3. The molecule has 0 radical (unpaired) electrons. The second kappa shape index (κ2) is 7.52. The van der Waals surface area contributed by atoms with Crippen molar-refractivity contribution < 1.29 is 18.0 Å². The van der Waals surface area contributed by atoms with Gasteiger partial charge in [-0.2, -0.15) is 23.4 Å². The first kappa shape index (κ1) is 21.1. The van der Waals surface area contributed by atoms with Gasteiger partial charge in [-0.1, -0.05) is 29.8 Å². The van der Waals surface area contributed by atoms with Gasteiger partial charge in [-0.05, 0) is 32.4 Å². The lowest BCUT2D eigenvalue weighted by molar-refractivity contribution is -0.140. The summed E-state index contributed by atoms with van der Waals surface area (Å²) in [6.07, 6.45) is -4.58. The van der Waals surface area contributed by atoms with E-state index in [9.17, 15) is 18.0 Å². The topological polar surface area (TPSA) is 64.7 Å². The first-order valence-corrected chi connectivity index (χ1v) is 10.3. The summed E-state index contributed by atoms with van der Waals surface area (Å²) in [6, 6.07) is 9.33. The highest BCUT2D eigenvalue weighted by atomic mass is 32.1. The van der Waals surface area contributed by atoms with Crippen LogP contribution in [0.3, 0.4) is 0 Å². The molecule has 6 nitrogen and oxygen atoms in total. The summed E-state index contributed by atoms with van der Waals surface area (Å²) in [6.45, 7) is 6.19. The summed E-state index contributed by atoms with van der Waals surface area (Å²) in [5, 5.41) is 10.8. The molecule has 0 atom stereocenters. The number of rotatable bonds is 4. The first-order valence-electron chi connectivity index (χ1n) is 9.49. The van der Waals surface area contributed by atoms with Crippen LogP contribution in [0.25, 0.3) is 10.2 Å². The highest BCUT2D eigenvalue weighted by Crippen LogP contribution is 2.37. The molecule has 1 amide bonds. The van der Waals surface area contributed by atoms with Crippen LogP contribution >= 0.6 is 11.3 Å². The standard InChI is InChI=1S/C21H20F3N5OS/c1-11-5-7-14(8-6-11)10-29-13(3)17(12(2)26-29)25-19(30)16-9-15-18(21(22,23)24)27-28(4)20(15)31-16/h5-9H,10H2,1-4H3,(H,25,30). The Morgan fingerprint density at radius 3 is 2.45 bits per heavy atom. The van der Waals surface area contributed by atoms with Crippen LogP contribution in [0.4, 0.5) is 18.9 Å². The number of hydrogen-bond donors (Lipinski definition) is 1. The molecule has 162 valence electrons. The van der Waals surface area contributed by atoms with E-state index in [0.717, 1.165) is 32.8 Å². The van der Waals surface area contributed by atoms with E-state index in [4.69, 9.17) is 0 Å². The van der Waals surface area contributed by atoms with Gasteiger partial charge in [0.15, 0.2) is 5.69 Å². The number of aromatic nitrogens is 4. The number of thiophene rings is 1. The van der Waals surface area contributed by atoms with Gasteiger partial charge in [0, 0.05) is 12.4 Å². The number of carbonyl (C=O) groups is 1. The molecule has 1 N–H and O–H groups in total. The second-order valence-corrected chi connectivity index (χ2v) is 8.47. The number of alkyl halides is 3. The third-order valence-corrected chi connectivity index (χ3v) is 6.28. The number of nitrogens with zero attached hydrogens (tertiary/aromatic N) is 4. The lowest BCUT2D eigenvalue weighted by atomic mass is 10.1. The molecule has 4 rings (SSSR count). The van der Waals surface area contributed by atoms with E-state index >= 15 is 0 Å². The lowest BCUT2D eigenvalue weighted by Gasteiger charge is -2.07. The molecule has 0 saturated carbocycles. The van der Waals surface area contributed by atoms with Gasteiger partial charge in [0.2, 0.25) is 0 Å². The van der Waals surface area contributed by atoms with Crippen molar-refractivity contribution in [2.75, 3.05) is 5.32 Å². The molecule has 4 aromatic rings. The zero-order valence-electron chi connectivity index (χ0n) is 17.3. The van der Waals surface area contributed by atoms with Gasteiger partial charge in [0.05, 0.1) is 28.5 Å². The zero-order chi connectivity index (χ0) is 22.5. The zero-order valence-corrected chi connectivity index (χ0v) is 18.1. The van der Waals surface area contributed by atoms with Crippen molar-refractivity contribution in [3.63, 3.8) is 0 Å². The van der Waals surface area contributed by atoms with Crippen molar-refractivity contribution in [3.05, 3.63) is 63.4 Å². The minimum atomic E-state index is -4.58. The fourth-order valence-corrected chi connectivity index (χ4v) is 4.40. The van der Waals surface area contributed by atoms with Gasteiger partial charge in [-0.15, -0.1) is 11.3 Å². The van der Waals surface area contributed by atoms with E-state index in [-0.39, 0.29) is 10.3 Å². The number of amides is 1. The summed E-state index contributed by atoms with van der Waals surface area (Å²) in [5.74, 6) is -0.476. The molecule has 10 heteroatoms. The Kier molecular flexibility index (Phi) is 5.12. The summed E-state index contributed by atoms with van der Waals surface area (Å²) in [5.41, 5.74) is 3.22. The normalized spacial score (nSPS) is 12.0. The summed E-state index contributed by atoms with van der Waals surface area (Å²) < 4.78 is 42.6. The molecule has 3 aromatic heterocycles. The molecule has 31 heavy (non-hydrogen) atoms. The van der Waals surface area contributed by atoms with Crippen molar-refractivity contribution in [1.82, 2.24) is 19.6 Å². The quantitative estimate of drug-likeness (QED) is 0.475. The number of carbonyl (C=O) groups excluding carboxylic acids is 1. The van der Waals surface area contributed by atoms with Gasteiger partial charge in [-0.3, -0.25) is 14.2 Å². The largest absolute Gasteiger partial charge is 0.435 e. The molecule has 0 aliphatic heterocycles. The highest BCUT2D eigenvalue weighted by molar-refractivity contribution is 7.20. The van der Waals surface area contributed by atoms with Crippen molar-refractivity contribution in [2.24, 2.45) is 7.05 Å². The second-order valence-electron chi connectivity index (χ2n) is 7.44. The van der Waals surface area contributed by atoms with Crippen molar-refractivity contribution in [2.45, 2.75) is 33.5 Å². The van der Waals surface area contributed by atoms with Gasteiger partial charge in [0.25, 0.3) is 5.91 Å². The van der Waals surface area contributed by atoms with E-state index in [1.165, 1.54) is 13.1 Å². The van der Waals surface area contributed by atoms with Crippen LogP contribution in [0.1, 0.15) is 37.9 Å². The Morgan fingerprint density at radius 2 is 1.81 bits per heavy atom. The number of benzene rings is 1. The Bertz CT molecular complexity index is 1280. The van der Waals surface area contributed by atoms with Gasteiger partial charge in [-0.25, -0.2) is 0 Å². The highest BCUT2D eigenvalue weighted by Gasteiger charge is 2.37. The molecule has 1 aromatic carbocycles. The van der Waals surface area contributed by atoms with E-state index in [2.05, 4.69) is 15.5 Å². The van der Waals surface area contributed by atoms with Crippen molar-refractivity contribution >= 4 is 33.1 Å². The van der Waals surface area contributed by atoms with Crippen LogP contribution in [-0.4, -0.2) is 25.5 Å². The minimum absolute atomic E-state index is 0.0753. The SMILES string of the molecule is Cc1ccc(Cn2nc(C)c(NC(=O)c3cc4c(C(F)(F)F)nn(C)c4s3)c2C)cc1. The Hall–Kier alpha value is -3.14. The predicted molar refractivity (Wildman–Crippen MR) is 114 cm³/mol. The van der Waals surface area contributed by atoms with Crippen LogP contribution in [-0.2, 0) is 19.8 Å². The maximum Gasteiger partial charge on any atom is 0.435 e.